The topological polar surface area (TPSA) is 86.9 Å². The van der Waals surface area contributed by atoms with Crippen molar-refractivity contribution in [2.75, 3.05) is 20.1 Å². The standard InChI is InChI=1S/C16H24N4O2S2/c1-9-10(2)24-16-13(9)15(22)19-12(20-16)8-23-11(3)14(21)18-7-5-6-17-4/h11,17H,5-8H2,1-4H3,(H,18,21)(H,19,20,22). The van der Waals surface area contributed by atoms with Crippen LogP contribution in [0.25, 0.3) is 10.2 Å². The fraction of sp³-hybridized carbons (Fsp3) is 0.562. The van der Waals surface area contributed by atoms with Gasteiger partial charge in [0.15, 0.2) is 0 Å². The van der Waals surface area contributed by atoms with Gasteiger partial charge in [-0.25, -0.2) is 4.98 Å². The summed E-state index contributed by atoms with van der Waals surface area (Å²) in [6.45, 7) is 7.36. The Balaban J connectivity index is 1.95. The van der Waals surface area contributed by atoms with Crippen LogP contribution in [0.5, 0.6) is 0 Å². The van der Waals surface area contributed by atoms with E-state index < -0.39 is 0 Å². The van der Waals surface area contributed by atoms with Gasteiger partial charge in [-0.15, -0.1) is 23.1 Å². The summed E-state index contributed by atoms with van der Waals surface area (Å²) in [4.78, 5) is 33.5. The van der Waals surface area contributed by atoms with E-state index in [0.717, 1.165) is 28.2 Å². The first-order valence-corrected chi connectivity index (χ1v) is 9.83. The maximum atomic E-state index is 12.2. The van der Waals surface area contributed by atoms with Crippen molar-refractivity contribution >= 4 is 39.2 Å². The quantitative estimate of drug-likeness (QED) is 0.620. The molecule has 3 N–H and O–H groups in total. The maximum absolute atomic E-state index is 12.2. The Morgan fingerprint density at radius 2 is 2.12 bits per heavy atom. The van der Waals surface area contributed by atoms with E-state index in [4.69, 9.17) is 0 Å². The highest BCUT2D eigenvalue weighted by atomic mass is 32.2. The lowest BCUT2D eigenvalue weighted by molar-refractivity contribution is -0.120. The molecule has 0 aliphatic rings. The predicted octanol–water partition coefficient (Wildman–Crippen LogP) is 1.95. The average molecular weight is 369 g/mol. The van der Waals surface area contributed by atoms with Gasteiger partial charge in [-0.05, 0) is 46.3 Å². The molecule has 0 bridgehead atoms. The molecule has 0 aliphatic carbocycles. The molecule has 8 heteroatoms. The molecule has 2 heterocycles. The van der Waals surface area contributed by atoms with E-state index in [1.54, 1.807) is 0 Å². The van der Waals surface area contributed by atoms with Crippen molar-refractivity contribution in [3.63, 3.8) is 0 Å². The summed E-state index contributed by atoms with van der Waals surface area (Å²) < 4.78 is 0. The van der Waals surface area contributed by atoms with E-state index in [9.17, 15) is 9.59 Å². The average Bonchev–Trinajstić information content (AvgIpc) is 2.84. The minimum atomic E-state index is -0.188. The predicted molar refractivity (Wildman–Crippen MR) is 102 cm³/mol. The summed E-state index contributed by atoms with van der Waals surface area (Å²) in [5.41, 5.74) is 0.902. The molecule has 2 aromatic heterocycles. The van der Waals surface area contributed by atoms with E-state index >= 15 is 0 Å². The second kappa shape index (κ2) is 8.64. The molecular formula is C16H24N4O2S2. The second-order valence-electron chi connectivity index (χ2n) is 5.68. The molecular weight excluding hydrogens is 344 g/mol. The van der Waals surface area contributed by atoms with Gasteiger partial charge >= 0.3 is 0 Å². The lowest BCUT2D eigenvalue weighted by atomic mass is 10.2. The van der Waals surface area contributed by atoms with Crippen LogP contribution in [0.2, 0.25) is 0 Å². The van der Waals surface area contributed by atoms with Gasteiger partial charge < -0.3 is 15.6 Å². The number of aromatic amines is 1. The van der Waals surface area contributed by atoms with E-state index in [-0.39, 0.29) is 16.7 Å². The number of amides is 1. The molecule has 1 amide bonds. The summed E-state index contributed by atoms with van der Waals surface area (Å²) in [5.74, 6) is 1.14. The number of hydrogen-bond acceptors (Lipinski definition) is 6. The largest absolute Gasteiger partial charge is 0.355 e. The molecule has 0 radical (unpaired) electrons. The van der Waals surface area contributed by atoms with Crippen LogP contribution in [-0.2, 0) is 10.5 Å². The lowest BCUT2D eigenvalue weighted by Gasteiger charge is -2.11. The molecule has 0 spiro atoms. The number of carbonyl (C=O) groups is 1. The number of thioether (sulfide) groups is 1. The van der Waals surface area contributed by atoms with Crippen molar-refractivity contribution < 1.29 is 4.79 Å². The highest BCUT2D eigenvalue weighted by Crippen LogP contribution is 2.26. The van der Waals surface area contributed by atoms with Crippen LogP contribution < -0.4 is 16.2 Å². The number of aromatic nitrogens is 2. The van der Waals surface area contributed by atoms with Crippen LogP contribution in [0.3, 0.4) is 0 Å². The Kier molecular flexibility index (Phi) is 6.82. The fourth-order valence-electron chi connectivity index (χ4n) is 2.27. The molecule has 0 aliphatic heterocycles. The van der Waals surface area contributed by atoms with Gasteiger partial charge in [0, 0.05) is 11.4 Å². The van der Waals surface area contributed by atoms with E-state index in [1.807, 2.05) is 27.8 Å². The van der Waals surface area contributed by atoms with Gasteiger partial charge in [0.25, 0.3) is 5.56 Å². The first kappa shape index (κ1) is 19.0. The normalized spacial score (nSPS) is 12.5. The summed E-state index contributed by atoms with van der Waals surface area (Å²) in [5, 5.41) is 6.45. The highest BCUT2D eigenvalue weighted by Gasteiger charge is 2.15. The molecule has 132 valence electrons. The lowest BCUT2D eigenvalue weighted by Crippen LogP contribution is -2.32. The van der Waals surface area contributed by atoms with Crippen LogP contribution in [-0.4, -0.2) is 41.3 Å². The Morgan fingerprint density at radius 3 is 2.83 bits per heavy atom. The first-order valence-electron chi connectivity index (χ1n) is 7.96. The number of nitrogens with zero attached hydrogens (tertiary/aromatic N) is 1. The van der Waals surface area contributed by atoms with E-state index in [2.05, 4.69) is 20.6 Å². The molecule has 0 aromatic carbocycles. The summed E-state index contributed by atoms with van der Waals surface area (Å²) in [7, 11) is 1.89. The number of thiophene rings is 1. The Morgan fingerprint density at radius 1 is 1.38 bits per heavy atom. The summed E-state index contributed by atoms with van der Waals surface area (Å²) in [6, 6.07) is 0. The Labute approximate surface area is 149 Å². The van der Waals surface area contributed by atoms with Crippen LogP contribution in [0.1, 0.15) is 29.6 Å². The van der Waals surface area contributed by atoms with Gasteiger partial charge in [-0.3, -0.25) is 9.59 Å². The van der Waals surface area contributed by atoms with Gasteiger partial charge in [0.05, 0.1) is 16.4 Å². The van der Waals surface area contributed by atoms with Crippen LogP contribution >= 0.6 is 23.1 Å². The smallest absolute Gasteiger partial charge is 0.259 e. The van der Waals surface area contributed by atoms with Crippen molar-refractivity contribution in [2.45, 2.75) is 38.2 Å². The van der Waals surface area contributed by atoms with Gasteiger partial charge in [0.1, 0.15) is 10.7 Å². The molecule has 24 heavy (non-hydrogen) atoms. The zero-order valence-electron chi connectivity index (χ0n) is 14.5. The number of carbonyl (C=O) groups excluding carboxylic acids is 1. The molecule has 0 saturated heterocycles. The molecule has 2 aromatic rings. The number of nitrogens with one attached hydrogen (secondary N) is 3. The maximum Gasteiger partial charge on any atom is 0.259 e. The first-order chi connectivity index (χ1) is 11.4. The molecule has 6 nitrogen and oxygen atoms in total. The van der Waals surface area contributed by atoms with Gasteiger partial charge in [-0.2, -0.15) is 0 Å². The number of aryl methyl sites for hydroxylation is 2. The SMILES string of the molecule is CNCCCNC(=O)C(C)SCc1nc2sc(C)c(C)c2c(=O)[nH]1. The third-order valence-electron chi connectivity index (χ3n) is 3.83. The summed E-state index contributed by atoms with van der Waals surface area (Å²) >= 11 is 3.01. The van der Waals surface area contributed by atoms with E-state index in [0.29, 0.717) is 23.5 Å². The number of rotatable bonds is 8. The highest BCUT2D eigenvalue weighted by molar-refractivity contribution is 7.99. The van der Waals surface area contributed by atoms with E-state index in [1.165, 1.54) is 23.1 Å². The molecule has 0 fully saturated rings. The molecule has 1 atom stereocenters. The van der Waals surface area contributed by atoms with Crippen LogP contribution in [0.4, 0.5) is 0 Å². The van der Waals surface area contributed by atoms with Crippen LogP contribution in [0, 0.1) is 13.8 Å². The zero-order chi connectivity index (χ0) is 17.7. The minimum absolute atomic E-state index is 0.0161. The van der Waals surface area contributed by atoms with Crippen molar-refractivity contribution in [3.8, 4) is 0 Å². The number of hydrogen-bond donors (Lipinski definition) is 3. The van der Waals surface area contributed by atoms with Crippen molar-refractivity contribution in [1.82, 2.24) is 20.6 Å². The zero-order valence-corrected chi connectivity index (χ0v) is 16.1. The minimum Gasteiger partial charge on any atom is -0.355 e. The monoisotopic (exact) mass is 368 g/mol. The van der Waals surface area contributed by atoms with Crippen LogP contribution in [0.15, 0.2) is 4.79 Å². The Bertz CT molecular complexity index is 769. The fourth-order valence-corrected chi connectivity index (χ4v) is 4.10. The van der Waals surface area contributed by atoms with Crippen molar-refractivity contribution in [2.24, 2.45) is 0 Å². The molecule has 1 unspecified atom stereocenters. The second-order valence-corrected chi connectivity index (χ2v) is 8.21. The van der Waals surface area contributed by atoms with Crippen molar-refractivity contribution in [3.05, 3.63) is 26.6 Å². The third-order valence-corrected chi connectivity index (χ3v) is 6.09. The third kappa shape index (κ3) is 4.58. The molecule has 0 saturated carbocycles. The van der Waals surface area contributed by atoms with Gasteiger partial charge in [0.2, 0.25) is 5.91 Å². The molecule has 2 rings (SSSR count). The van der Waals surface area contributed by atoms with Crippen molar-refractivity contribution in [1.29, 1.82) is 0 Å². The Hall–Kier alpha value is -1.38. The van der Waals surface area contributed by atoms with Gasteiger partial charge in [-0.1, -0.05) is 0 Å². The summed E-state index contributed by atoms with van der Waals surface area (Å²) in [6.07, 6.45) is 0.905. The number of fused-ring (bicyclic) bond motifs is 1. The number of H-pyrrole nitrogens is 1.